The Morgan fingerprint density at radius 2 is 1.61 bits per heavy atom. The maximum atomic E-state index is 13.7. The monoisotopic (exact) mass is 426 g/mol. The zero-order valence-corrected chi connectivity index (χ0v) is 19.5. The molecule has 0 bridgehead atoms. The number of likely N-dealkylation sites (N-methyl/N-ethyl adjacent to an activating group) is 1. The minimum Gasteiger partial charge on any atom is -0.358 e. The quantitative estimate of drug-likeness (QED) is 0.755. The van der Waals surface area contributed by atoms with Gasteiger partial charge >= 0.3 is 6.03 Å². The highest BCUT2D eigenvalue weighted by molar-refractivity contribution is 5.87. The SMILES string of the molecule is CNC(=O)CN1C(=O)N(CC2(C)CCC2)C2(CCC(N)(c3ccccc3)CC2)C1(C)C. The van der Waals surface area contributed by atoms with Gasteiger partial charge in [-0.25, -0.2) is 4.79 Å². The molecule has 170 valence electrons. The molecule has 6 heteroatoms. The van der Waals surface area contributed by atoms with E-state index in [1.807, 2.05) is 18.2 Å². The third kappa shape index (κ3) is 3.43. The van der Waals surface area contributed by atoms with Crippen LogP contribution in [0.25, 0.3) is 0 Å². The summed E-state index contributed by atoms with van der Waals surface area (Å²) in [6.45, 7) is 7.45. The van der Waals surface area contributed by atoms with Gasteiger partial charge in [0.25, 0.3) is 0 Å². The van der Waals surface area contributed by atoms with E-state index >= 15 is 0 Å². The first-order valence-electron chi connectivity index (χ1n) is 11.7. The molecule has 1 spiro atoms. The molecule has 1 heterocycles. The van der Waals surface area contributed by atoms with E-state index in [-0.39, 0.29) is 35.0 Å². The van der Waals surface area contributed by atoms with E-state index in [2.05, 4.69) is 43.1 Å². The zero-order chi connectivity index (χ0) is 22.5. The van der Waals surface area contributed by atoms with Crippen LogP contribution in [0.3, 0.4) is 0 Å². The second-order valence-corrected chi connectivity index (χ2v) is 10.9. The predicted molar refractivity (Wildman–Crippen MR) is 122 cm³/mol. The van der Waals surface area contributed by atoms with E-state index < -0.39 is 5.54 Å². The summed E-state index contributed by atoms with van der Waals surface area (Å²) >= 11 is 0. The van der Waals surface area contributed by atoms with Crippen molar-refractivity contribution in [1.29, 1.82) is 0 Å². The van der Waals surface area contributed by atoms with E-state index in [1.54, 1.807) is 11.9 Å². The number of hydrogen-bond acceptors (Lipinski definition) is 3. The van der Waals surface area contributed by atoms with Crippen LogP contribution in [0.5, 0.6) is 0 Å². The first-order valence-corrected chi connectivity index (χ1v) is 11.7. The van der Waals surface area contributed by atoms with Crippen molar-refractivity contribution in [1.82, 2.24) is 15.1 Å². The minimum absolute atomic E-state index is 0.00552. The number of carbonyl (C=O) groups excluding carboxylic acids is 2. The Kier molecular flexibility index (Phi) is 5.36. The number of urea groups is 1. The maximum Gasteiger partial charge on any atom is 0.321 e. The molecule has 3 aliphatic rings. The van der Waals surface area contributed by atoms with Crippen molar-refractivity contribution in [3.05, 3.63) is 35.9 Å². The van der Waals surface area contributed by atoms with Gasteiger partial charge in [-0.3, -0.25) is 4.79 Å². The first-order chi connectivity index (χ1) is 14.6. The lowest BCUT2D eigenvalue weighted by Gasteiger charge is -2.55. The van der Waals surface area contributed by atoms with Crippen molar-refractivity contribution in [2.24, 2.45) is 11.1 Å². The predicted octanol–water partition coefficient (Wildman–Crippen LogP) is 3.61. The van der Waals surface area contributed by atoms with Gasteiger partial charge in [-0.05, 0) is 63.4 Å². The van der Waals surface area contributed by atoms with Crippen LogP contribution < -0.4 is 11.1 Å². The largest absolute Gasteiger partial charge is 0.358 e. The first kappa shape index (κ1) is 22.1. The average Bonchev–Trinajstić information content (AvgIpc) is 2.88. The Balaban J connectivity index is 1.67. The molecule has 2 aliphatic carbocycles. The summed E-state index contributed by atoms with van der Waals surface area (Å²) in [6.07, 6.45) is 6.90. The molecule has 4 rings (SSSR count). The molecule has 0 unspecified atom stereocenters. The molecule has 0 aromatic heterocycles. The fourth-order valence-corrected chi connectivity index (χ4v) is 6.23. The highest BCUT2D eigenvalue weighted by atomic mass is 16.2. The summed E-state index contributed by atoms with van der Waals surface area (Å²) in [4.78, 5) is 30.0. The number of nitrogens with one attached hydrogen (secondary N) is 1. The Hall–Kier alpha value is -2.08. The molecule has 3 amide bonds. The van der Waals surface area contributed by atoms with Crippen molar-refractivity contribution < 1.29 is 9.59 Å². The van der Waals surface area contributed by atoms with Crippen LogP contribution >= 0.6 is 0 Å². The second kappa shape index (κ2) is 7.51. The lowest BCUT2D eigenvalue weighted by Crippen LogP contribution is -2.63. The molecule has 6 nitrogen and oxygen atoms in total. The molecule has 1 aliphatic heterocycles. The summed E-state index contributed by atoms with van der Waals surface area (Å²) < 4.78 is 0. The number of nitrogens with zero attached hydrogens (tertiary/aromatic N) is 2. The van der Waals surface area contributed by atoms with Crippen molar-refractivity contribution in [3.63, 3.8) is 0 Å². The number of nitrogens with two attached hydrogens (primary N) is 1. The van der Waals surface area contributed by atoms with Gasteiger partial charge in [0.1, 0.15) is 6.54 Å². The van der Waals surface area contributed by atoms with Gasteiger partial charge in [0.2, 0.25) is 5.91 Å². The summed E-state index contributed by atoms with van der Waals surface area (Å²) in [5.41, 5.74) is 7.14. The minimum atomic E-state index is -0.450. The van der Waals surface area contributed by atoms with Crippen molar-refractivity contribution in [2.75, 3.05) is 20.1 Å². The Labute approximate surface area is 186 Å². The molecule has 1 aromatic carbocycles. The standard InChI is InChI=1S/C25H38N4O2/c1-22(2)25(15-13-24(26,14-16-25)19-9-6-5-7-10-19)29(18-23(3)11-8-12-23)21(31)28(22)17-20(30)27-4/h5-7,9-10H,8,11-18,26H2,1-4H3,(H,27,30). The molecule has 0 radical (unpaired) electrons. The van der Waals surface area contributed by atoms with E-state index in [1.165, 1.54) is 12.0 Å². The third-order valence-corrected chi connectivity index (χ3v) is 8.79. The van der Waals surface area contributed by atoms with Crippen LogP contribution in [0, 0.1) is 5.41 Å². The molecular formula is C25H38N4O2. The molecular weight excluding hydrogens is 388 g/mol. The third-order valence-electron chi connectivity index (χ3n) is 8.79. The summed E-state index contributed by atoms with van der Waals surface area (Å²) in [6, 6.07) is 10.4. The number of carbonyl (C=O) groups is 2. The van der Waals surface area contributed by atoms with Gasteiger partial charge in [0.05, 0.1) is 11.1 Å². The lowest BCUT2D eigenvalue weighted by molar-refractivity contribution is -0.122. The van der Waals surface area contributed by atoms with Gasteiger partial charge in [-0.1, -0.05) is 43.7 Å². The van der Waals surface area contributed by atoms with Crippen LogP contribution in [-0.2, 0) is 10.3 Å². The van der Waals surface area contributed by atoms with Crippen LogP contribution in [0.2, 0.25) is 0 Å². The number of hydrogen-bond donors (Lipinski definition) is 2. The molecule has 3 N–H and O–H groups in total. The fourth-order valence-electron chi connectivity index (χ4n) is 6.23. The summed E-state index contributed by atoms with van der Waals surface area (Å²) in [5.74, 6) is -0.124. The topological polar surface area (TPSA) is 78.7 Å². The summed E-state index contributed by atoms with van der Waals surface area (Å²) in [5, 5.41) is 2.69. The highest BCUT2D eigenvalue weighted by Crippen LogP contribution is 2.55. The summed E-state index contributed by atoms with van der Waals surface area (Å²) in [7, 11) is 1.63. The molecule has 0 atom stereocenters. The molecule has 1 aromatic rings. The van der Waals surface area contributed by atoms with E-state index in [0.717, 1.165) is 45.1 Å². The van der Waals surface area contributed by atoms with Crippen molar-refractivity contribution in [2.45, 2.75) is 82.3 Å². The van der Waals surface area contributed by atoms with Gasteiger partial charge in [-0.15, -0.1) is 0 Å². The molecule has 2 saturated carbocycles. The van der Waals surface area contributed by atoms with Crippen LogP contribution in [-0.4, -0.2) is 53.0 Å². The number of benzene rings is 1. The van der Waals surface area contributed by atoms with Crippen LogP contribution in [0.1, 0.15) is 71.3 Å². The van der Waals surface area contributed by atoms with E-state index in [0.29, 0.717) is 0 Å². The second-order valence-electron chi connectivity index (χ2n) is 10.9. The number of amides is 3. The molecule has 1 saturated heterocycles. The van der Waals surface area contributed by atoms with E-state index in [4.69, 9.17) is 5.73 Å². The Morgan fingerprint density at radius 3 is 2.13 bits per heavy atom. The zero-order valence-electron chi connectivity index (χ0n) is 19.5. The van der Waals surface area contributed by atoms with Gasteiger partial charge < -0.3 is 20.9 Å². The average molecular weight is 427 g/mol. The fraction of sp³-hybridized carbons (Fsp3) is 0.680. The normalized spacial score (nSPS) is 31.6. The van der Waals surface area contributed by atoms with E-state index in [9.17, 15) is 9.59 Å². The smallest absolute Gasteiger partial charge is 0.321 e. The van der Waals surface area contributed by atoms with Gasteiger partial charge in [0.15, 0.2) is 0 Å². The highest BCUT2D eigenvalue weighted by Gasteiger charge is 2.64. The van der Waals surface area contributed by atoms with Crippen LogP contribution in [0.4, 0.5) is 4.79 Å². The number of rotatable bonds is 5. The van der Waals surface area contributed by atoms with Crippen LogP contribution in [0.15, 0.2) is 30.3 Å². The lowest BCUT2D eigenvalue weighted by atomic mass is 9.62. The Bertz CT molecular complexity index is 838. The Morgan fingerprint density at radius 1 is 1.00 bits per heavy atom. The van der Waals surface area contributed by atoms with Crippen molar-refractivity contribution >= 4 is 11.9 Å². The van der Waals surface area contributed by atoms with Gasteiger partial charge in [-0.2, -0.15) is 0 Å². The molecule has 31 heavy (non-hydrogen) atoms. The van der Waals surface area contributed by atoms with Gasteiger partial charge in [0, 0.05) is 19.1 Å². The van der Waals surface area contributed by atoms with Crippen molar-refractivity contribution in [3.8, 4) is 0 Å². The molecule has 3 fully saturated rings. The maximum absolute atomic E-state index is 13.7.